The van der Waals surface area contributed by atoms with E-state index >= 15 is 0 Å². The van der Waals surface area contributed by atoms with E-state index in [1.54, 1.807) is 12.1 Å². The van der Waals surface area contributed by atoms with Crippen LogP contribution < -0.4 is 16.0 Å². The number of likely N-dealkylation sites (N-methyl/N-ethyl adjacent to an activating group) is 1. The number of H-pyrrole nitrogens is 1. The van der Waals surface area contributed by atoms with Gasteiger partial charge in [0.05, 0.1) is 5.39 Å². The summed E-state index contributed by atoms with van der Waals surface area (Å²) >= 11 is 6.26. The van der Waals surface area contributed by atoms with Crippen molar-refractivity contribution in [1.82, 2.24) is 24.2 Å². The quantitative estimate of drug-likeness (QED) is 0.590. The molecular formula is C18H20ClN5O4S. The number of hydrogen-bond acceptors (Lipinski definition) is 6. The molecule has 9 nitrogen and oxygen atoms in total. The van der Waals surface area contributed by atoms with Gasteiger partial charge in [0.2, 0.25) is 10.0 Å². The Labute approximate surface area is 172 Å². The predicted octanol–water partition coefficient (Wildman–Crippen LogP) is 0.856. The minimum absolute atomic E-state index is 0.00485. The molecule has 2 aromatic heterocycles. The molecule has 0 aliphatic heterocycles. The number of hydrogen-bond donors (Lipinski definition) is 2. The molecule has 0 aliphatic rings. The van der Waals surface area contributed by atoms with Gasteiger partial charge in [-0.15, -0.1) is 0 Å². The van der Waals surface area contributed by atoms with Crippen LogP contribution in [0.5, 0.6) is 0 Å². The van der Waals surface area contributed by atoms with E-state index in [0.29, 0.717) is 5.02 Å². The molecule has 2 heterocycles. The Morgan fingerprint density at radius 2 is 1.97 bits per heavy atom. The van der Waals surface area contributed by atoms with E-state index < -0.39 is 21.3 Å². The minimum Gasteiger partial charge on any atom is -0.301 e. The van der Waals surface area contributed by atoms with Gasteiger partial charge in [0.15, 0.2) is 0 Å². The zero-order chi connectivity index (χ0) is 21.3. The van der Waals surface area contributed by atoms with Gasteiger partial charge in [-0.1, -0.05) is 29.8 Å². The average molecular weight is 438 g/mol. The lowest BCUT2D eigenvalue weighted by molar-refractivity contribution is 0.299. The maximum atomic E-state index is 12.8. The average Bonchev–Trinajstić information content (AvgIpc) is 2.67. The maximum absolute atomic E-state index is 12.8. The molecule has 0 bridgehead atoms. The largest absolute Gasteiger partial charge is 0.329 e. The molecule has 0 amide bonds. The molecular weight excluding hydrogens is 418 g/mol. The highest BCUT2D eigenvalue weighted by Crippen LogP contribution is 2.26. The molecule has 11 heteroatoms. The van der Waals surface area contributed by atoms with Crippen molar-refractivity contribution >= 4 is 32.7 Å². The fraction of sp³-hybridized carbons (Fsp3) is 0.278. The molecule has 154 valence electrons. The summed E-state index contributed by atoms with van der Waals surface area (Å²) < 4.78 is 29.3. The van der Waals surface area contributed by atoms with Crippen molar-refractivity contribution in [1.29, 1.82) is 0 Å². The van der Waals surface area contributed by atoms with E-state index in [-0.39, 0.29) is 28.5 Å². The third-order valence-corrected chi connectivity index (χ3v) is 6.33. The standard InChI is InChI=1S/C18H20ClN5O4S/c1-23(2)15(12-6-4-5-7-14(12)19)10-21-29(27,28)11-8-13-16(20-9-11)24(3)18(26)22-17(13)25/h4-9,15,21H,10H2,1-3H3,(H,22,25,26)/t15-/m1/s1. The van der Waals surface area contributed by atoms with E-state index in [1.807, 2.05) is 31.1 Å². The fourth-order valence-electron chi connectivity index (χ4n) is 2.95. The number of nitrogens with zero attached hydrogens (tertiary/aromatic N) is 3. The molecule has 1 atom stereocenters. The van der Waals surface area contributed by atoms with Crippen molar-refractivity contribution in [2.75, 3.05) is 20.6 Å². The molecule has 0 fully saturated rings. The van der Waals surface area contributed by atoms with Crippen molar-refractivity contribution < 1.29 is 8.42 Å². The van der Waals surface area contributed by atoms with Gasteiger partial charge in [-0.3, -0.25) is 14.3 Å². The van der Waals surface area contributed by atoms with Crippen molar-refractivity contribution in [3.63, 3.8) is 0 Å². The lowest BCUT2D eigenvalue weighted by Gasteiger charge is -2.26. The molecule has 1 aromatic carbocycles. The van der Waals surface area contributed by atoms with Gasteiger partial charge >= 0.3 is 5.69 Å². The molecule has 0 unspecified atom stereocenters. The second-order valence-electron chi connectivity index (χ2n) is 6.71. The summed E-state index contributed by atoms with van der Waals surface area (Å²) in [6.07, 6.45) is 1.11. The van der Waals surface area contributed by atoms with Crippen LogP contribution in [0.25, 0.3) is 11.0 Å². The summed E-state index contributed by atoms with van der Waals surface area (Å²) in [5.74, 6) is 0. The number of rotatable bonds is 6. The molecule has 0 saturated heterocycles. The Kier molecular flexibility index (Phi) is 5.90. The number of aromatic amines is 1. The lowest BCUT2D eigenvalue weighted by atomic mass is 10.1. The smallest absolute Gasteiger partial charge is 0.301 e. The van der Waals surface area contributed by atoms with E-state index in [0.717, 1.165) is 16.3 Å². The molecule has 0 spiro atoms. The van der Waals surface area contributed by atoms with Gasteiger partial charge in [0, 0.05) is 30.9 Å². The Bertz CT molecular complexity index is 1280. The normalized spacial score (nSPS) is 13.1. The zero-order valence-electron chi connectivity index (χ0n) is 16.0. The van der Waals surface area contributed by atoms with E-state index in [2.05, 4.69) is 14.7 Å². The van der Waals surface area contributed by atoms with Crippen LogP contribution in [0, 0.1) is 0 Å². The lowest BCUT2D eigenvalue weighted by Crippen LogP contribution is -2.35. The van der Waals surface area contributed by atoms with Crippen LogP contribution in [0.15, 0.2) is 51.0 Å². The van der Waals surface area contributed by atoms with Crippen LogP contribution >= 0.6 is 11.6 Å². The van der Waals surface area contributed by atoms with Crippen LogP contribution in [0.3, 0.4) is 0 Å². The molecule has 0 radical (unpaired) electrons. The number of pyridine rings is 1. The highest BCUT2D eigenvalue weighted by Gasteiger charge is 2.22. The third-order valence-electron chi connectivity index (χ3n) is 4.59. The van der Waals surface area contributed by atoms with Crippen LogP contribution in [-0.2, 0) is 17.1 Å². The Hall–Kier alpha value is -2.53. The predicted molar refractivity (Wildman–Crippen MR) is 111 cm³/mol. The van der Waals surface area contributed by atoms with Gasteiger partial charge in [0.25, 0.3) is 5.56 Å². The van der Waals surface area contributed by atoms with Gasteiger partial charge in [0.1, 0.15) is 10.5 Å². The maximum Gasteiger partial charge on any atom is 0.329 e. The Balaban J connectivity index is 1.94. The van der Waals surface area contributed by atoms with Crippen LogP contribution in [0.4, 0.5) is 0 Å². The fourth-order valence-corrected chi connectivity index (χ4v) is 4.22. The summed E-state index contributed by atoms with van der Waals surface area (Å²) in [5.41, 5.74) is -0.447. The molecule has 3 rings (SSSR count). The van der Waals surface area contributed by atoms with Crippen molar-refractivity contribution in [2.45, 2.75) is 10.9 Å². The monoisotopic (exact) mass is 437 g/mol. The Morgan fingerprint density at radius 1 is 1.28 bits per heavy atom. The first-order valence-electron chi connectivity index (χ1n) is 8.61. The number of sulfonamides is 1. The third kappa shape index (κ3) is 4.25. The molecule has 3 aromatic rings. The first-order chi connectivity index (χ1) is 13.6. The van der Waals surface area contributed by atoms with Gasteiger partial charge < -0.3 is 4.90 Å². The van der Waals surface area contributed by atoms with Gasteiger partial charge in [-0.25, -0.2) is 22.9 Å². The van der Waals surface area contributed by atoms with E-state index in [9.17, 15) is 18.0 Å². The summed E-state index contributed by atoms with van der Waals surface area (Å²) in [6.45, 7) is 0.0563. The summed E-state index contributed by atoms with van der Waals surface area (Å²) in [6, 6.07) is 8.09. The van der Waals surface area contributed by atoms with Crippen molar-refractivity contribution in [3.05, 3.63) is 68.0 Å². The van der Waals surface area contributed by atoms with Crippen molar-refractivity contribution in [2.24, 2.45) is 7.05 Å². The van der Waals surface area contributed by atoms with Crippen LogP contribution in [0.1, 0.15) is 11.6 Å². The topological polar surface area (TPSA) is 117 Å². The van der Waals surface area contributed by atoms with Gasteiger partial charge in [-0.05, 0) is 31.8 Å². The van der Waals surface area contributed by atoms with E-state index in [4.69, 9.17) is 11.6 Å². The first kappa shape index (κ1) is 21.2. The zero-order valence-corrected chi connectivity index (χ0v) is 17.6. The number of aryl methyl sites for hydroxylation is 1. The highest BCUT2D eigenvalue weighted by atomic mass is 35.5. The van der Waals surface area contributed by atoms with Crippen molar-refractivity contribution in [3.8, 4) is 0 Å². The Morgan fingerprint density at radius 3 is 2.62 bits per heavy atom. The molecule has 29 heavy (non-hydrogen) atoms. The van der Waals surface area contributed by atoms with E-state index in [1.165, 1.54) is 13.1 Å². The summed E-state index contributed by atoms with van der Waals surface area (Å²) in [4.78, 5) is 31.5. The highest BCUT2D eigenvalue weighted by molar-refractivity contribution is 7.89. The van der Waals surface area contributed by atoms with Crippen LogP contribution in [0.2, 0.25) is 5.02 Å². The minimum atomic E-state index is -3.96. The first-order valence-corrected chi connectivity index (χ1v) is 10.5. The molecule has 0 saturated carbocycles. The van der Waals surface area contributed by atoms with Gasteiger partial charge in [-0.2, -0.15) is 0 Å². The number of fused-ring (bicyclic) bond motifs is 1. The SMILES string of the molecule is CN(C)[C@H](CNS(=O)(=O)c1cnc2c(c1)c(=O)[nH]c(=O)n2C)c1ccccc1Cl. The number of aromatic nitrogens is 3. The molecule has 2 N–H and O–H groups in total. The van der Waals surface area contributed by atoms with Crippen LogP contribution in [-0.4, -0.2) is 48.5 Å². The number of halogens is 1. The number of nitrogens with one attached hydrogen (secondary N) is 2. The summed E-state index contributed by atoms with van der Waals surface area (Å²) in [7, 11) is 1.11. The molecule has 0 aliphatic carbocycles. The summed E-state index contributed by atoms with van der Waals surface area (Å²) in [5, 5.41) is 0.537. The number of benzene rings is 1. The second kappa shape index (κ2) is 8.07. The second-order valence-corrected chi connectivity index (χ2v) is 8.89.